The van der Waals surface area contributed by atoms with Crippen LogP contribution >= 0.6 is 11.6 Å². The van der Waals surface area contributed by atoms with Crippen LogP contribution in [0.3, 0.4) is 0 Å². The van der Waals surface area contributed by atoms with E-state index in [9.17, 15) is 34.8 Å². The van der Waals surface area contributed by atoms with Crippen molar-refractivity contribution in [3.8, 4) is 23.6 Å². The first-order valence-corrected chi connectivity index (χ1v) is 21.8. The Hall–Kier alpha value is -6.89. The molecule has 4 fully saturated rings. The lowest BCUT2D eigenvalue weighted by molar-refractivity contribution is -0.151. The molecular weight excluding hydrogens is 884 g/mol. The van der Waals surface area contributed by atoms with Gasteiger partial charge in [0.05, 0.1) is 50.6 Å². The number of aliphatic hydroxyl groups excluding tert-OH is 1. The van der Waals surface area contributed by atoms with Crippen molar-refractivity contribution >= 4 is 44.6 Å². The Bertz CT molecular complexity index is 2980. The summed E-state index contributed by atoms with van der Waals surface area (Å²) in [5.41, 5.74) is 2.32. The summed E-state index contributed by atoms with van der Waals surface area (Å²) in [5, 5.41) is 30.6. The van der Waals surface area contributed by atoms with Crippen LogP contribution in [-0.2, 0) is 46.4 Å². The van der Waals surface area contributed by atoms with Gasteiger partial charge < -0.3 is 47.4 Å². The number of para-hydroxylation sites is 2. The van der Waals surface area contributed by atoms with Crippen molar-refractivity contribution in [1.29, 1.82) is 10.5 Å². The van der Waals surface area contributed by atoms with Crippen molar-refractivity contribution in [1.82, 2.24) is 9.13 Å². The molecule has 0 saturated carbocycles. The monoisotopic (exact) mass is 928 g/mol. The van der Waals surface area contributed by atoms with Gasteiger partial charge in [-0.1, -0.05) is 84.9 Å². The lowest BCUT2D eigenvalue weighted by Crippen LogP contribution is -2.36. The van der Waals surface area contributed by atoms with Crippen molar-refractivity contribution in [2.75, 3.05) is 26.4 Å². The van der Waals surface area contributed by atoms with Crippen LogP contribution in [0.5, 0.6) is 11.5 Å². The molecule has 4 saturated heterocycles. The lowest BCUT2D eigenvalue weighted by Gasteiger charge is -2.21. The van der Waals surface area contributed by atoms with E-state index in [0.29, 0.717) is 34.9 Å². The van der Waals surface area contributed by atoms with Gasteiger partial charge in [-0.15, -0.1) is 0 Å². The molecule has 0 bridgehead atoms. The minimum atomic E-state index is -0.699. The van der Waals surface area contributed by atoms with Gasteiger partial charge in [0.1, 0.15) is 42.7 Å². The summed E-state index contributed by atoms with van der Waals surface area (Å²) < 4.78 is 43.7. The number of benzene rings is 4. The number of rotatable bonds is 9. The molecule has 8 atom stereocenters. The lowest BCUT2D eigenvalue weighted by atomic mass is 10.1. The number of hydrogen-bond acceptors (Lipinski definition) is 14. The summed E-state index contributed by atoms with van der Waals surface area (Å²) in [5.74, 6) is 0.0508. The maximum absolute atomic E-state index is 13.4. The molecule has 4 aromatic carbocycles. The molecule has 2 unspecified atom stereocenters. The topological polar surface area (TPSA) is 211 Å². The highest BCUT2D eigenvalue weighted by molar-refractivity contribution is 6.62. The molecule has 1 N–H and O–H groups in total. The van der Waals surface area contributed by atoms with E-state index in [2.05, 4.69) is 11.6 Å². The summed E-state index contributed by atoms with van der Waals surface area (Å²) in [7, 11) is 0. The standard InChI is InChI=1S/C25H22N2O6.C23H20N2O5.C2H3ClO/c1-15(28)32-20-13-30-24-21(14-31-23(20)24)33-22-17-9-5-6-10-19(17)27(25(29)18(22)11-26)12-16-7-3-2-4-8-16;24-10-16-20(30-19-13-29-21-18(26)12-28-22(19)21)15-8-4-5-9-17(15)25(23(16)27)11-14-6-2-1-3-7-14;1-2(3)4/h2-10,20-21,23-24H,12-14H2,1H3;1-9,18-19,21-22,26H,11-13H2;1H3/t20-,21?,23+,24+;18-,19?,21+,22+;/m00./s1. The van der Waals surface area contributed by atoms with E-state index in [-0.39, 0.29) is 54.3 Å². The third-order valence-corrected chi connectivity index (χ3v) is 11.6. The predicted molar refractivity (Wildman–Crippen MR) is 243 cm³/mol. The number of esters is 1. The number of hydrogen-bond donors (Lipinski definition) is 1. The summed E-state index contributed by atoms with van der Waals surface area (Å²) >= 11 is 4.64. The zero-order valence-corrected chi connectivity index (χ0v) is 37.1. The van der Waals surface area contributed by atoms with E-state index in [1.807, 2.05) is 121 Å². The molecule has 344 valence electrons. The van der Waals surface area contributed by atoms with Crippen LogP contribution in [0.1, 0.15) is 36.1 Å². The van der Waals surface area contributed by atoms with E-state index in [1.165, 1.54) is 13.8 Å². The molecule has 4 aliphatic heterocycles. The van der Waals surface area contributed by atoms with Crippen molar-refractivity contribution in [2.24, 2.45) is 0 Å². The van der Waals surface area contributed by atoms with Gasteiger partial charge in [0.25, 0.3) is 11.1 Å². The van der Waals surface area contributed by atoms with Crippen LogP contribution in [0.15, 0.2) is 119 Å². The maximum atomic E-state index is 13.4. The molecule has 0 amide bonds. The first-order valence-electron chi connectivity index (χ1n) is 21.5. The number of nitrogens with zero attached hydrogens (tertiary/aromatic N) is 4. The highest BCUT2D eigenvalue weighted by atomic mass is 35.5. The molecule has 16 nitrogen and oxygen atoms in total. The average molecular weight is 929 g/mol. The molecule has 67 heavy (non-hydrogen) atoms. The fourth-order valence-corrected chi connectivity index (χ4v) is 8.73. The van der Waals surface area contributed by atoms with Crippen LogP contribution in [0.25, 0.3) is 21.8 Å². The third-order valence-electron chi connectivity index (χ3n) is 11.6. The smallest absolute Gasteiger partial charge is 0.303 e. The second kappa shape index (κ2) is 20.7. The Morgan fingerprint density at radius 1 is 0.612 bits per heavy atom. The number of ether oxygens (including phenoxy) is 7. The molecule has 6 aromatic rings. The van der Waals surface area contributed by atoms with Crippen LogP contribution in [-0.4, -0.2) is 101 Å². The molecule has 6 heterocycles. The number of pyridine rings is 2. The number of carbonyl (C=O) groups excluding carboxylic acids is 2. The fraction of sp³-hybridized carbons (Fsp3) is 0.320. The summed E-state index contributed by atoms with van der Waals surface area (Å²) in [4.78, 5) is 47.2. The Morgan fingerprint density at radius 2 is 0.985 bits per heavy atom. The highest BCUT2D eigenvalue weighted by Crippen LogP contribution is 2.36. The Kier molecular flexibility index (Phi) is 14.4. The molecule has 2 aromatic heterocycles. The van der Waals surface area contributed by atoms with Crippen LogP contribution in [0, 0.1) is 22.7 Å². The molecule has 4 aliphatic rings. The Labute approximate surface area is 388 Å². The number of aliphatic hydroxyl groups is 1. The largest absolute Gasteiger partial charge is 0.483 e. The molecular formula is C50H45ClN4O12. The van der Waals surface area contributed by atoms with E-state index >= 15 is 0 Å². The molecule has 0 radical (unpaired) electrons. The Morgan fingerprint density at radius 3 is 1.43 bits per heavy atom. The van der Waals surface area contributed by atoms with Crippen molar-refractivity contribution in [3.63, 3.8) is 0 Å². The summed E-state index contributed by atoms with van der Waals surface area (Å²) in [6.45, 7) is 4.12. The van der Waals surface area contributed by atoms with E-state index in [1.54, 1.807) is 9.13 Å². The first kappa shape index (κ1) is 46.6. The van der Waals surface area contributed by atoms with Crippen LogP contribution < -0.4 is 20.6 Å². The Balaban J connectivity index is 0.000000169. The second-order valence-electron chi connectivity index (χ2n) is 16.1. The van der Waals surface area contributed by atoms with Crippen LogP contribution in [0.4, 0.5) is 0 Å². The minimum Gasteiger partial charge on any atom is -0.483 e. The molecule has 0 aliphatic carbocycles. The van der Waals surface area contributed by atoms with Gasteiger partial charge in [0.2, 0.25) is 5.24 Å². The highest BCUT2D eigenvalue weighted by Gasteiger charge is 2.51. The van der Waals surface area contributed by atoms with Crippen LogP contribution in [0.2, 0.25) is 0 Å². The predicted octanol–water partition coefficient (Wildman–Crippen LogP) is 5.00. The number of halogens is 1. The second-order valence-corrected chi connectivity index (χ2v) is 16.6. The van der Waals surface area contributed by atoms with Crippen molar-refractivity contribution < 1.29 is 47.9 Å². The summed E-state index contributed by atoms with van der Waals surface area (Å²) in [6, 6.07) is 38.0. The van der Waals surface area contributed by atoms with Gasteiger partial charge in [0.15, 0.2) is 40.9 Å². The van der Waals surface area contributed by atoms with Gasteiger partial charge in [-0.3, -0.25) is 19.2 Å². The van der Waals surface area contributed by atoms with Gasteiger partial charge in [-0.25, -0.2) is 0 Å². The number of carbonyl (C=O) groups is 2. The molecule has 10 rings (SSSR count). The van der Waals surface area contributed by atoms with E-state index < -0.39 is 65.9 Å². The number of fused-ring (bicyclic) bond motifs is 4. The minimum absolute atomic E-state index is 0.0494. The quantitative estimate of drug-likeness (QED) is 0.150. The van der Waals surface area contributed by atoms with Gasteiger partial charge >= 0.3 is 5.97 Å². The average Bonchev–Trinajstić information content (AvgIpc) is 4.12. The normalized spacial score (nSPS) is 23.4. The van der Waals surface area contributed by atoms with Gasteiger partial charge in [0, 0.05) is 24.6 Å². The third kappa shape index (κ3) is 9.96. The maximum Gasteiger partial charge on any atom is 0.303 e. The zero-order valence-electron chi connectivity index (χ0n) is 36.4. The van der Waals surface area contributed by atoms with Crippen molar-refractivity contribution in [2.45, 2.75) is 75.8 Å². The fourth-order valence-electron chi connectivity index (χ4n) is 8.73. The molecule has 17 heteroatoms. The van der Waals surface area contributed by atoms with E-state index in [0.717, 1.165) is 11.1 Å². The number of nitriles is 2. The van der Waals surface area contributed by atoms with Crippen molar-refractivity contribution in [3.05, 3.63) is 152 Å². The molecule has 0 spiro atoms. The SMILES string of the molecule is CC(=O)Cl.CC(=O)O[C@H]1CO[C@@H]2C(Oc3c(C#N)c(=O)n(Cc4ccccc4)c4ccccc34)CO[C@H]12.N#Cc1c(OC2CO[C@H]3[C@@H]2OC[C@@H]3O)c2ccccc2n(Cc2ccccc2)c1=O. The number of aromatic nitrogens is 2. The van der Waals surface area contributed by atoms with E-state index in [4.69, 9.17) is 33.2 Å². The van der Waals surface area contributed by atoms with Gasteiger partial charge in [-0.2, -0.15) is 10.5 Å². The first-order chi connectivity index (χ1) is 32.5. The van der Waals surface area contributed by atoms with Gasteiger partial charge in [-0.05, 0) is 47.0 Å². The summed E-state index contributed by atoms with van der Waals surface area (Å²) in [6.07, 6.45) is -4.06. The zero-order chi connectivity index (χ0) is 47.2.